The van der Waals surface area contributed by atoms with Crippen molar-refractivity contribution >= 4 is 39.0 Å². The summed E-state index contributed by atoms with van der Waals surface area (Å²) in [5, 5.41) is 2.82. The number of benzene rings is 2. The number of hydrogen-bond donors (Lipinski definition) is 2. The number of carbonyl (C=O) groups excluding carboxylic acids is 2. The van der Waals surface area contributed by atoms with Crippen LogP contribution in [-0.4, -0.2) is 68.2 Å². The van der Waals surface area contributed by atoms with Crippen molar-refractivity contribution in [3.63, 3.8) is 0 Å². The molecular formula is C28H30N4O4S. The van der Waals surface area contributed by atoms with Crippen LogP contribution in [0, 0.1) is 13.8 Å². The summed E-state index contributed by atoms with van der Waals surface area (Å²) < 4.78 is 26.2. The third kappa shape index (κ3) is 4.84. The fourth-order valence-electron chi connectivity index (χ4n) is 4.93. The fraction of sp³-hybridized carbons (Fsp3) is 0.286. The van der Waals surface area contributed by atoms with E-state index in [0.717, 1.165) is 24.3 Å². The lowest BCUT2D eigenvalue weighted by Crippen LogP contribution is -2.47. The Morgan fingerprint density at radius 2 is 1.73 bits per heavy atom. The summed E-state index contributed by atoms with van der Waals surface area (Å²) in [6, 6.07) is 13.7. The van der Waals surface area contributed by atoms with E-state index < -0.39 is 9.84 Å². The molecule has 5 rings (SSSR count). The average Bonchev–Trinajstić information content (AvgIpc) is 3.33. The van der Waals surface area contributed by atoms with Gasteiger partial charge in [0, 0.05) is 48.8 Å². The fourth-order valence-corrected chi connectivity index (χ4v) is 6.30. The zero-order chi connectivity index (χ0) is 26.3. The van der Waals surface area contributed by atoms with Gasteiger partial charge in [-0.1, -0.05) is 30.3 Å². The maximum absolute atomic E-state index is 13.3. The number of H-pyrrole nitrogens is 1. The predicted molar refractivity (Wildman–Crippen MR) is 144 cm³/mol. The molecule has 8 nitrogen and oxygen atoms in total. The summed E-state index contributed by atoms with van der Waals surface area (Å²) in [5.41, 5.74) is 4.92. The Hall–Kier alpha value is -3.69. The van der Waals surface area contributed by atoms with Crippen LogP contribution in [-0.2, 0) is 20.4 Å². The molecule has 0 saturated carbocycles. The molecule has 0 aliphatic carbocycles. The monoisotopic (exact) mass is 518 g/mol. The largest absolute Gasteiger partial charge is 0.358 e. The van der Waals surface area contributed by atoms with Gasteiger partial charge in [-0.15, -0.1) is 0 Å². The highest BCUT2D eigenvalue weighted by atomic mass is 32.2. The molecule has 1 aromatic heterocycles. The highest BCUT2D eigenvalue weighted by Gasteiger charge is 2.29. The van der Waals surface area contributed by atoms with Crippen LogP contribution in [0.3, 0.4) is 0 Å². The zero-order valence-electron chi connectivity index (χ0n) is 21.2. The van der Waals surface area contributed by atoms with E-state index in [-0.39, 0.29) is 22.5 Å². The van der Waals surface area contributed by atoms with Crippen molar-refractivity contribution < 1.29 is 18.0 Å². The van der Waals surface area contributed by atoms with Crippen LogP contribution in [0.5, 0.6) is 0 Å². The number of aromatic amines is 1. The third-order valence-electron chi connectivity index (χ3n) is 7.10. The minimum atomic E-state index is -3.61. The van der Waals surface area contributed by atoms with Crippen molar-refractivity contribution in [2.45, 2.75) is 24.5 Å². The van der Waals surface area contributed by atoms with Gasteiger partial charge < -0.3 is 20.1 Å². The number of rotatable bonds is 5. The lowest BCUT2D eigenvalue weighted by Gasteiger charge is -2.32. The summed E-state index contributed by atoms with van der Waals surface area (Å²) in [4.78, 5) is 33.6. The van der Waals surface area contributed by atoms with Crippen molar-refractivity contribution in [1.82, 2.24) is 14.8 Å². The molecule has 0 radical (unpaired) electrons. The predicted octanol–water partition coefficient (Wildman–Crippen LogP) is 3.49. The molecule has 0 unspecified atom stereocenters. The third-order valence-corrected chi connectivity index (χ3v) is 8.79. The van der Waals surface area contributed by atoms with Gasteiger partial charge in [0.05, 0.1) is 21.8 Å². The lowest BCUT2D eigenvalue weighted by molar-refractivity contribution is -0.110. The summed E-state index contributed by atoms with van der Waals surface area (Å²) in [7, 11) is -1.57. The molecule has 9 heteroatoms. The molecule has 37 heavy (non-hydrogen) atoms. The zero-order valence-corrected chi connectivity index (χ0v) is 22.0. The molecule has 2 aliphatic heterocycles. The second-order valence-corrected chi connectivity index (χ2v) is 11.7. The Labute approximate surface area is 216 Å². The van der Waals surface area contributed by atoms with Crippen LogP contribution in [0.15, 0.2) is 53.4 Å². The van der Waals surface area contributed by atoms with E-state index in [0.29, 0.717) is 46.7 Å². The lowest BCUT2D eigenvalue weighted by atomic mass is 10.0. The van der Waals surface area contributed by atoms with Crippen molar-refractivity contribution in [1.29, 1.82) is 0 Å². The van der Waals surface area contributed by atoms with Gasteiger partial charge in [0.1, 0.15) is 0 Å². The Kier molecular flexibility index (Phi) is 6.51. The van der Waals surface area contributed by atoms with E-state index in [2.05, 4.69) is 15.2 Å². The van der Waals surface area contributed by atoms with Gasteiger partial charge in [0.15, 0.2) is 9.84 Å². The van der Waals surface area contributed by atoms with E-state index in [4.69, 9.17) is 0 Å². The van der Waals surface area contributed by atoms with Gasteiger partial charge in [-0.25, -0.2) is 8.42 Å². The first-order valence-electron chi connectivity index (χ1n) is 12.2. The molecule has 0 atom stereocenters. The minimum absolute atomic E-state index is 0.0189. The quantitative estimate of drug-likeness (QED) is 0.504. The number of sulfone groups is 1. The molecule has 2 N–H and O–H groups in total. The Morgan fingerprint density at radius 3 is 2.43 bits per heavy atom. The molecule has 2 amide bonds. The molecule has 1 saturated heterocycles. The minimum Gasteiger partial charge on any atom is -0.358 e. The summed E-state index contributed by atoms with van der Waals surface area (Å²) in [5.74, 6) is -0.458. The number of fused-ring (bicyclic) bond motifs is 1. The number of nitrogens with zero attached hydrogens (tertiary/aromatic N) is 2. The van der Waals surface area contributed by atoms with Gasteiger partial charge in [-0.3, -0.25) is 9.59 Å². The number of likely N-dealkylation sites (N-methyl/N-ethyl adjacent to an activating group) is 1. The number of anilines is 1. The first-order valence-corrected chi connectivity index (χ1v) is 13.9. The molecule has 3 aromatic rings. The highest BCUT2D eigenvalue weighted by Crippen LogP contribution is 2.36. The van der Waals surface area contributed by atoms with E-state index in [1.54, 1.807) is 42.5 Å². The van der Waals surface area contributed by atoms with Crippen LogP contribution < -0.4 is 5.32 Å². The van der Waals surface area contributed by atoms with Crippen molar-refractivity contribution in [3.05, 3.63) is 82.2 Å². The SMILES string of the molecule is Cc1[nH]c(/C=C2\C(=O)Nc3ccc(S(=O)(=O)Cc4ccccc4)cc32)c(C)c1C(=O)N1CCN(C)CC1. The first kappa shape index (κ1) is 25.0. The van der Waals surface area contributed by atoms with Gasteiger partial charge in [-0.05, 0) is 56.3 Å². The number of hydrogen-bond acceptors (Lipinski definition) is 5. The maximum Gasteiger partial charge on any atom is 0.256 e. The van der Waals surface area contributed by atoms with Gasteiger partial charge >= 0.3 is 0 Å². The van der Waals surface area contributed by atoms with Crippen LogP contribution in [0.1, 0.15) is 38.4 Å². The van der Waals surface area contributed by atoms with Crippen LogP contribution in [0.2, 0.25) is 0 Å². The standard InChI is InChI=1S/C28H30N4O4S/c1-18-25(29-19(2)26(18)28(34)32-13-11-31(3)12-14-32)16-23-22-15-21(9-10-24(22)30-27(23)33)37(35,36)17-20-7-5-4-6-8-20/h4-10,15-16,29H,11-14,17H2,1-3H3,(H,30,33)/b23-16-. The van der Waals surface area contributed by atoms with E-state index in [1.165, 1.54) is 6.07 Å². The van der Waals surface area contributed by atoms with Crippen LogP contribution >= 0.6 is 0 Å². The maximum atomic E-state index is 13.3. The van der Waals surface area contributed by atoms with E-state index >= 15 is 0 Å². The van der Waals surface area contributed by atoms with Crippen LogP contribution in [0.4, 0.5) is 5.69 Å². The Morgan fingerprint density at radius 1 is 1.03 bits per heavy atom. The molecule has 2 aliphatic rings. The molecule has 0 spiro atoms. The summed E-state index contributed by atoms with van der Waals surface area (Å²) in [6.07, 6.45) is 1.71. The Balaban J connectivity index is 1.47. The summed E-state index contributed by atoms with van der Waals surface area (Å²) >= 11 is 0. The van der Waals surface area contributed by atoms with E-state index in [1.807, 2.05) is 31.9 Å². The van der Waals surface area contributed by atoms with Gasteiger partial charge in [-0.2, -0.15) is 0 Å². The van der Waals surface area contributed by atoms with Crippen molar-refractivity contribution in [2.75, 3.05) is 38.5 Å². The Bertz CT molecular complexity index is 1510. The van der Waals surface area contributed by atoms with Gasteiger partial charge in [0.25, 0.3) is 11.8 Å². The topological polar surface area (TPSA) is 103 Å². The molecular weight excluding hydrogens is 488 g/mol. The smallest absolute Gasteiger partial charge is 0.256 e. The molecule has 0 bridgehead atoms. The normalized spacial score (nSPS) is 17.2. The second-order valence-electron chi connectivity index (χ2n) is 9.72. The molecule has 3 heterocycles. The number of amides is 2. The molecule has 2 aromatic carbocycles. The molecule has 1 fully saturated rings. The summed E-state index contributed by atoms with van der Waals surface area (Å²) in [6.45, 7) is 6.73. The van der Waals surface area contributed by atoms with E-state index in [9.17, 15) is 18.0 Å². The van der Waals surface area contributed by atoms with Crippen LogP contribution in [0.25, 0.3) is 11.6 Å². The first-order chi connectivity index (χ1) is 17.6. The number of aromatic nitrogens is 1. The van der Waals surface area contributed by atoms with Gasteiger partial charge in [0.2, 0.25) is 0 Å². The number of piperazine rings is 1. The number of nitrogens with one attached hydrogen (secondary N) is 2. The average molecular weight is 519 g/mol. The molecule has 192 valence electrons. The highest BCUT2D eigenvalue weighted by molar-refractivity contribution is 7.90. The van der Waals surface area contributed by atoms with Crippen molar-refractivity contribution in [3.8, 4) is 0 Å². The second kappa shape index (κ2) is 9.64. The van der Waals surface area contributed by atoms with Crippen molar-refractivity contribution in [2.24, 2.45) is 0 Å². The number of aryl methyl sites for hydroxylation is 1. The number of carbonyl (C=O) groups is 2.